The second kappa shape index (κ2) is 6.11. The van der Waals surface area contributed by atoms with Gasteiger partial charge in [0.15, 0.2) is 0 Å². The lowest BCUT2D eigenvalue weighted by Crippen LogP contribution is -2.37. The summed E-state index contributed by atoms with van der Waals surface area (Å²) in [4.78, 5) is 5.36. The number of hydrogen-bond acceptors (Lipinski definition) is 4. The topological polar surface area (TPSA) is 50.9 Å². The van der Waals surface area contributed by atoms with E-state index < -0.39 is 0 Å². The van der Waals surface area contributed by atoms with Crippen LogP contribution in [0.15, 0.2) is 11.7 Å². The van der Waals surface area contributed by atoms with Crippen molar-refractivity contribution in [2.75, 3.05) is 0 Å². The van der Waals surface area contributed by atoms with Crippen LogP contribution in [0.4, 0.5) is 0 Å². The molecule has 4 heteroatoms. The Morgan fingerprint density at radius 1 is 1.64 bits per heavy atom. The average molecular weight is 213 g/mol. The molecule has 0 amide bonds. The van der Waals surface area contributed by atoms with Crippen molar-refractivity contribution in [3.63, 3.8) is 0 Å². The summed E-state index contributed by atoms with van der Waals surface area (Å²) in [6.07, 6.45) is 5.25. The molecule has 3 N–H and O–H groups in total. The molecule has 0 saturated carbocycles. The number of hydrogen-bond donors (Lipinski definition) is 2. The fraction of sp³-hybridized carbons (Fsp3) is 0.700. The van der Waals surface area contributed by atoms with Crippen LogP contribution in [0, 0.1) is 5.92 Å². The molecule has 0 radical (unpaired) electrons. The molecule has 0 bridgehead atoms. The molecule has 0 spiro atoms. The molecule has 0 aliphatic rings. The van der Waals surface area contributed by atoms with Crippen LogP contribution in [0.1, 0.15) is 31.6 Å². The van der Waals surface area contributed by atoms with Gasteiger partial charge in [-0.25, -0.2) is 0 Å². The summed E-state index contributed by atoms with van der Waals surface area (Å²) < 4.78 is 0. The van der Waals surface area contributed by atoms with Gasteiger partial charge in [-0.05, 0) is 12.3 Å². The minimum absolute atomic E-state index is 0.380. The molecule has 0 aromatic carbocycles. The summed E-state index contributed by atoms with van der Waals surface area (Å²) in [5, 5.41) is 0. The largest absolute Gasteiger partial charge is 0.271 e. The number of aromatic nitrogens is 1. The predicted octanol–water partition coefficient (Wildman–Crippen LogP) is 1.95. The first kappa shape index (κ1) is 11.6. The van der Waals surface area contributed by atoms with Crippen molar-refractivity contribution in [3.05, 3.63) is 16.6 Å². The maximum Gasteiger partial charge on any atom is 0.0794 e. The lowest BCUT2D eigenvalue weighted by molar-refractivity contribution is 0.398. The van der Waals surface area contributed by atoms with E-state index in [1.54, 1.807) is 11.3 Å². The first-order valence-corrected chi connectivity index (χ1v) is 5.97. The molecule has 0 aliphatic carbocycles. The molecule has 14 heavy (non-hydrogen) atoms. The first-order valence-electron chi connectivity index (χ1n) is 5.09. The van der Waals surface area contributed by atoms with E-state index in [9.17, 15) is 0 Å². The van der Waals surface area contributed by atoms with Crippen LogP contribution in [0.3, 0.4) is 0 Å². The van der Waals surface area contributed by atoms with E-state index in [1.165, 1.54) is 11.3 Å². The predicted molar refractivity (Wildman–Crippen MR) is 61.0 cm³/mol. The van der Waals surface area contributed by atoms with Crippen molar-refractivity contribution in [1.82, 2.24) is 10.4 Å². The second-order valence-electron chi connectivity index (χ2n) is 3.78. The third kappa shape index (κ3) is 3.74. The Hall–Kier alpha value is -0.450. The number of rotatable bonds is 6. The Morgan fingerprint density at radius 2 is 2.43 bits per heavy atom. The fourth-order valence-electron chi connectivity index (χ4n) is 1.45. The van der Waals surface area contributed by atoms with Gasteiger partial charge in [-0.1, -0.05) is 20.3 Å². The summed E-state index contributed by atoms with van der Waals surface area (Å²) in [5.74, 6) is 6.25. The van der Waals surface area contributed by atoms with Gasteiger partial charge in [0.25, 0.3) is 0 Å². The smallest absolute Gasteiger partial charge is 0.0794 e. The zero-order chi connectivity index (χ0) is 10.4. The van der Waals surface area contributed by atoms with Gasteiger partial charge in [0.05, 0.1) is 5.51 Å². The Labute approximate surface area is 89.7 Å². The van der Waals surface area contributed by atoms with Gasteiger partial charge in [-0.3, -0.25) is 16.3 Å². The van der Waals surface area contributed by atoms with E-state index in [4.69, 9.17) is 5.84 Å². The van der Waals surface area contributed by atoms with Crippen molar-refractivity contribution in [2.45, 2.75) is 39.2 Å². The molecule has 0 aliphatic heterocycles. The highest BCUT2D eigenvalue weighted by molar-refractivity contribution is 7.09. The summed E-state index contributed by atoms with van der Waals surface area (Å²) >= 11 is 1.69. The maximum atomic E-state index is 5.53. The van der Waals surface area contributed by atoms with Crippen LogP contribution in [0.25, 0.3) is 0 Å². The van der Waals surface area contributed by atoms with Gasteiger partial charge in [0.2, 0.25) is 0 Å². The Bertz CT molecular complexity index is 236. The number of nitrogens with one attached hydrogen (secondary N) is 1. The van der Waals surface area contributed by atoms with Crippen LogP contribution in [0.5, 0.6) is 0 Å². The molecule has 2 atom stereocenters. The molecular formula is C10H19N3S. The van der Waals surface area contributed by atoms with Crippen molar-refractivity contribution in [1.29, 1.82) is 0 Å². The lowest BCUT2D eigenvalue weighted by atomic mass is 9.97. The van der Waals surface area contributed by atoms with Crippen LogP contribution < -0.4 is 11.3 Å². The zero-order valence-corrected chi connectivity index (χ0v) is 9.68. The molecule has 1 rings (SSSR count). The molecule has 0 fully saturated rings. The molecular weight excluding hydrogens is 194 g/mol. The second-order valence-corrected chi connectivity index (χ2v) is 4.76. The Balaban J connectivity index is 2.39. The third-order valence-electron chi connectivity index (χ3n) is 2.55. The Kier molecular flexibility index (Phi) is 5.07. The van der Waals surface area contributed by atoms with Gasteiger partial charge < -0.3 is 0 Å². The summed E-state index contributed by atoms with van der Waals surface area (Å²) in [6.45, 7) is 4.47. The number of nitrogens with zero attached hydrogens (tertiary/aromatic N) is 1. The van der Waals surface area contributed by atoms with E-state index in [-0.39, 0.29) is 0 Å². The number of nitrogens with two attached hydrogens (primary N) is 1. The monoisotopic (exact) mass is 213 g/mol. The fourth-order valence-corrected chi connectivity index (χ4v) is 2.12. The van der Waals surface area contributed by atoms with E-state index in [2.05, 4.69) is 24.3 Å². The molecule has 3 nitrogen and oxygen atoms in total. The number of hydrazine groups is 1. The molecule has 2 unspecified atom stereocenters. The van der Waals surface area contributed by atoms with E-state index >= 15 is 0 Å². The van der Waals surface area contributed by atoms with Gasteiger partial charge >= 0.3 is 0 Å². The molecule has 0 saturated heterocycles. The van der Waals surface area contributed by atoms with Gasteiger partial charge in [0, 0.05) is 23.5 Å². The van der Waals surface area contributed by atoms with Gasteiger partial charge in [-0.15, -0.1) is 11.3 Å². The molecule has 1 aromatic rings. The van der Waals surface area contributed by atoms with Gasteiger partial charge in [-0.2, -0.15) is 0 Å². The minimum atomic E-state index is 0.380. The van der Waals surface area contributed by atoms with Crippen molar-refractivity contribution in [3.8, 4) is 0 Å². The average Bonchev–Trinajstić information content (AvgIpc) is 2.69. The third-order valence-corrected chi connectivity index (χ3v) is 3.35. The van der Waals surface area contributed by atoms with Crippen molar-refractivity contribution >= 4 is 11.3 Å². The minimum Gasteiger partial charge on any atom is -0.271 e. The van der Waals surface area contributed by atoms with E-state index in [1.807, 2.05) is 11.7 Å². The molecule has 1 aromatic heterocycles. The molecule has 1 heterocycles. The molecule has 80 valence electrons. The van der Waals surface area contributed by atoms with E-state index in [0.29, 0.717) is 6.04 Å². The quantitative estimate of drug-likeness (QED) is 0.561. The van der Waals surface area contributed by atoms with Gasteiger partial charge in [0.1, 0.15) is 0 Å². The Morgan fingerprint density at radius 3 is 2.93 bits per heavy atom. The van der Waals surface area contributed by atoms with Crippen molar-refractivity contribution in [2.24, 2.45) is 11.8 Å². The SMILES string of the molecule is CCC(C)CC(Cc1cncs1)NN. The highest BCUT2D eigenvalue weighted by Crippen LogP contribution is 2.15. The first-order chi connectivity index (χ1) is 6.76. The highest BCUT2D eigenvalue weighted by Gasteiger charge is 2.11. The van der Waals surface area contributed by atoms with Crippen LogP contribution in [-0.4, -0.2) is 11.0 Å². The number of thiazole rings is 1. The van der Waals surface area contributed by atoms with Crippen LogP contribution >= 0.6 is 11.3 Å². The maximum absolute atomic E-state index is 5.53. The standard InChI is InChI=1S/C10H19N3S/c1-3-8(2)4-9(13-11)5-10-6-12-7-14-10/h6-9,13H,3-5,11H2,1-2H3. The van der Waals surface area contributed by atoms with Crippen molar-refractivity contribution < 1.29 is 0 Å². The summed E-state index contributed by atoms with van der Waals surface area (Å²) in [6, 6.07) is 0.380. The lowest BCUT2D eigenvalue weighted by Gasteiger charge is -2.18. The van der Waals surface area contributed by atoms with Crippen LogP contribution in [0.2, 0.25) is 0 Å². The highest BCUT2D eigenvalue weighted by atomic mass is 32.1. The summed E-state index contributed by atoms with van der Waals surface area (Å²) in [7, 11) is 0. The van der Waals surface area contributed by atoms with E-state index in [0.717, 1.165) is 18.8 Å². The zero-order valence-electron chi connectivity index (χ0n) is 8.86. The summed E-state index contributed by atoms with van der Waals surface area (Å²) in [5.41, 5.74) is 4.75. The normalized spacial score (nSPS) is 15.4. The van der Waals surface area contributed by atoms with Crippen LogP contribution in [-0.2, 0) is 6.42 Å².